The first kappa shape index (κ1) is 18.6. The highest BCUT2D eigenvalue weighted by molar-refractivity contribution is 8.18. The number of thioether (sulfide) groups is 1. The van der Waals surface area contributed by atoms with Crippen LogP contribution in [-0.2, 0) is 9.59 Å². The van der Waals surface area contributed by atoms with Gasteiger partial charge in [0, 0.05) is 17.0 Å². The van der Waals surface area contributed by atoms with E-state index in [1.54, 1.807) is 18.2 Å². The van der Waals surface area contributed by atoms with Crippen LogP contribution < -0.4 is 5.32 Å². The standard InChI is InChI=1S/C16H11N3O6S2/c20-12-4-3-9(19(24)25)6-11(12)17-14(21)8-18-15(22)13(27-16(18)23)7-10-2-1-5-26-10/h1-7,20H,8H2,(H,17,21)/b13-7-. The number of nitrogens with zero attached hydrogens (tertiary/aromatic N) is 2. The van der Waals surface area contributed by atoms with Gasteiger partial charge in [-0.2, -0.15) is 0 Å². The third kappa shape index (κ3) is 4.15. The van der Waals surface area contributed by atoms with E-state index in [4.69, 9.17) is 0 Å². The predicted octanol–water partition coefficient (Wildman–Crippen LogP) is 3.04. The summed E-state index contributed by atoms with van der Waals surface area (Å²) in [5.41, 5.74) is -0.511. The Morgan fingerprint density at radius 3 is 2.78 bits per heavy atom. The number of nitro groups is 1. The van der Waals surface area contributed by atoms with Crippen molar-refractivity contribution >= 4 is 57.6 Å². The Morgan fingerprint density at radius 1 is 1.33 bits per heavy atom. The maximum atomic E-state index is 12.3. The molecule has 3 amide bonds. The van der Waals surface area contributed by atoms with E-state index in [-0.39, 0.29) is 22.0 Å². The van der Waals surface area contributed by atoms with Crippen LogP contribution >= 0.6 is 23.1 Å². The van der Waals surface area contributed by atoms with E-state index in [0.29, 0.717) is 0 Å². The van der Waals surface area contributed by atoms with Crippen LogP contribution in [0.15, 0.2) is 40.6 Å². The smallest absolute Gasteiger partial charge is 0.294 e. The largest absolute Gasteiger partial charge is 0.506 e. The van der Waals surface area contributed by atoms with Gasteiger partial charge in [-0.25, -0.2) is 0 Å². The summed E-state index contributed by atoms with van der Waals surface area (Å²) in [6, 6.07) is 6.72. The number of benzene rings is 1. The van der Waals surface area contributed by atoms with Gasteiger partial charge in [0.25, 0.3) is 16.8 Å². The molecule has 138 valence electrons. The fourth-order valence-electron chi connectivity index (χ4n) is 2.21. The number of hydrogen-bond acceptors (Lipinski definition) is 8. The quantitative estimate of drug-likeness (QED) is 0.338. The Balaban J connectivity index is 1.71. The Bertz CT molecular complexity index is 971. The number of phenolic OH excluding ortho intramolecular Hbond substituents is 1. The molecule has 2 aromatic rings. The third-order valence-electron chi connectivity index (χ3n) is 3.46. The number of nitrogens with one attached hydrogen (secondary N) is 1. The Kier molecular flexibility index (Phi) is 5.23. The van der Waals surface area contributed by atoms with E-state index in [0.717, 1.165) is 39.7 Å². The number of amides is 3. The maximum Gasteiger partial charge on any atom is 0.294 e. The van der Waals surface area contributed by atoms with Gasteiger partial charge in [0.05, 0.1) is 15.5 Å². The summed E-state index contributed by atoms with van der Waals surface area (Å²) in [7, 11) is 0. The van der Waals surface area contributed by atoms with Crippen molar-refractivity contribution < 1.29 is 24.4 Å². The lowest BCUT2D eigenvalue weighted by atomic mass is 10.2. The van der Waals surface area contributed by atoms with Crippen LogP contribution in [0.25, 0.3) is 6.08 Å². The van der Waals surface area contributed by atoms with Crippen LogP contribution in [0.2, 0.25) is 0 Å². The molecule has 0 radical (unpaired) electrons. The zero-order valence-corrected chi connectivity index (χ0v) is 15.1. The normalized spacial score (nSPS) is 15.4. The minimum absolute atomic E-state index is 0.185. The molecule has 27 heavy (non-hydrogen) atoms. The molecule has 1 aliphatic rings. The van der Waals surface area contributed by atoms with Crippen molar-refractivity contribution in [1.29, 1.82) is 0 Å². The summed E-state index contributed by atoms with van der Waals surface area (Å²) in [5, 5.41) is 24.0. The topological polar surface area (TPSA) is 130 Å². The number of anilines is 1. The molecule has 0 aliphatic carbocycles. The fraction of sp³-hybridized carbons (Fsp3) is 0.0625. The van der Waals surface area contributed by atoms with Gasteiger partial charge >= 0.3 is 0 Å². The molecule has 2 heterocycles. The molecule has 9 nitrogen and oxygen atoms in total. The van der Waals surface area contributed by atoms with Gasteiger partial charge in [-0.05, 0) is 35.4 Å². The predicted molar refractivity (Wildman–Crippen MR) is 100 cm³/mol. The van der Waals surface area contributed by atoms with Crippen LogP contribution in [0.1, 0.15) is 4.88 Å². The highest BCUT2D eigenvalue weighted by Crippen LogP contribution is 2.33. The van der Waals surface area contributed by atoms with Crippen molar-refractivity contribution in [3.8, 4) is 5.75 Å². The summed E-state index contributed by atoms with van der Waals surface area (Å²) in [6.45, 7) is -0.575. The molecule has 1 aromatic heterocycles. The molecule has 0 atom stereocenters. The molecule has 1 aromatic carbocycles. The molecule has 0 bridgehead atoms. The molecular formula is C16H11N3O6S2. The molecule has 1 saturated heterocycles. The summed E-state index contributed by atoms with van der Waals surface area (Å²) in [4.78, 5) is 48.4. The first-order chi connectivity index (χ1) is 12.8. The number of aromatic hydroxyl groups is 1. The molecule has 11 heteroatoms. The molecule has 3 rings (SSSR count). The molecule has 1 fully saturated rings. The second kappa shape index (κ2) is 7.60. The lowest BCUT2D eigenvalue weighted by Crippen LogP contribution is -2.36. The Hall–Kier alpha value is -3.18. The van der Waals surface area contributed by atoms with Gasteiger partial charge in [-0.15, -0.1) is 11.3 Å². The highest BCUT2D eigenvalue weighted by atomic mass is 32.2. The fourth-order valence-corrected chi connectivity index (χ4v) is 3.77. The second-order valence-electron chi connectivity index (χ2n) is 5.29. The minimum Gasteiger partial charge on any atom is -0.506 e. The van der Waals surface area contributed by atoms with Gasteiger partial charge in [0.15, 0.2) is 0 Å². The van der Waals surface area contributed by atoms with E-state index < -0.39 is 28.5 Å². The van der Waals surface area contributed by atoms with Crippen molar-refractivity contribution in [3.63, 3.8) is 0 Å². The van der Waals surface area contributed by atoms with Crippen LogP contribution in [0.4, 0.5) is 16.2 Å². The summed E-state index contributed by atoms with van der Waals surface area (Å²) >= 11 is 2.13. The number of imide groups is 1. The van der Waals surface area contributed by atoms with Gasteiger partial charge in [-0.1, -0.05) is 6.07 Å². The Labute approximate surface area is 160 Å². The second-order valence-corrected chi connectivity index (χ2v) is 7.26. The maximum absolute atomic E-state index is 12.3. The first-order valence-corrected chi connectivity index (χ1v) is 9.11. The lowest BCUT2D eigenvalue weighted by molar-refractivity contribution is -0.384. The zero-order chi connectivity index (χ0) is 19.6. The van der Waals surface area contributed by atoms with Crippen molar-refractivity contribution in [3.05, 3.63) is 55.6 Å². The molecule has 2 N–H and O–H groups in total. The van der Waals surface area contributed by atoms with Gasteiger partial charge in [0.1, 0.15) is 12.3 Å². The van der Waals surface area contributed by atoms with Crippen molar-refractivity contribution in [2.75, 3.05) is 11.9 Å². The third-order valence-corrected chi connectivity index (χ3v) is 5.18. The molecule has 1 aliphatic heterocycles. The Morgan fingerprint density at radius 2 is 2.11 bits per heavy atom. The minimum atomic E-state index is -0.773. The monoisotopic (exact) mass is 405 g/mol. The van der Waals surface area contributed by atoms with Crippen LogP contribution in [0.3, 0.4) is 0 Å². The summed E-state index contributed by atoms with van der Waals surface area (Å²) in [6.07, 6.45) is 1.57. The summed E-state index contributed by atoms with van der Waals surface area (Å²) < 4.78 is 0. The van der Waals surface area contributed by atoms with Gasteiger partial charge < -0.3 is 10.4 Å². The molecule has 0 unspecified atom stereocenters. The molecule has 0 spiro atoms. The number of non-ortho nitro benzene ring substituents is 1. The van der Waals surface area contributed by atoms with E-state index in [2.05, 4.69) is 5.32 Å². The van der Waals surface area contributed by atoms with Crippen molar-refractivity contribution in [1.82, 2.24) is 4.90 Å². The average molecular weight is 405 g/mol. The summed E-state index contributed by atoms with van der Waals surface area (Å²) in [5.74, 6) is -1.75. The van der Waals surface area contributed by atoms with Gasteiger partial charge in [-0.3, -0.25) is 29.4 Å². The number of carbonyl (C=O) groups is 3. The average Bonchev–Trinajstić information content (AvgIpc) is 3.21. The van der Waals surface area contributed by atoms with Crippen LogP contribution in [0, 0.1) is 10.1 Å². The molecular weight excluding hydrogens is 394 g/mol. The molecule has 0 saturated carbocycles. The number of hydrogen-bond donors (Lipinski definition) is 2. The van der Waals surface area contributed by atoms with Crippen LogP contribution in [-0.4, -0.2) is 38.5 Å². The van der Waals surface area contributed by atoms with E-state index in [1.807, 2.05) is 5.38 Å². The lowest BCUT2D eigenvalue weighted by Gasteiger charge is -2.13. The van der Waals surface area contributed by atoms with Crippen molar-refractivity contribution in [2.45, 2.75) is 0 Å². The van der Waals surface area contributed by atoms with Gasteiger partial charge in [0.2, 0.25) is 5.91 Å². The zero-order valence-electron chi connectivity index (χ0n) is 13.4. The van der Waals surface area contributed by atoms with E-state index in [9.17, 15) is 29.6 Å². The number of phenols is 1. The van der Waals surface area contributed by atoms with E-state index >= 15 is 0 Å². The SMILES string of the molecule is O=C(CN1C(=O)S/C(=C\c2cccs2)C1=O)Nc1cc([N+](=O)[O-])ccc1O. The first-order valence-electron chi connectivity index (χ1n) is 7.41. The number of thiophene rings is 1. The number of rotatable bonds is 5. The van der Waals surface area contributed by atoms with Crippen molar-refractivity contribution in [2.24, 2.45) is 0 Å². The highest BCUT2D eigenvalue weighted by Gasteiger charge is 2.36. The number of nitro benzene ring substituents is 1. The van der Waals surface area contributed by atoms with E-state index in [1.165, 1.54) is 11.3 Å². The number of carbonyl (C=O) groups excluding carboxylic acids is 3. The van der Waals surface area contributed by atoms with Crippen LogP contribution in [0.5, 0.6) is 5.75 Å².